The zero-order valence-corrected chi connectivity index (χ0v) is 13.8. The molecule has 0 radical (unpaired) electrons. The summed E-state index contributed by atoms with van der Waals surface area (Å²) in [4.78, 5) is 2.73. The number of rotatable bonds is 5. The molecule has 1 aliphatic carbocycles. The lowest BCUT2D eigenvalue weighted by molar-refractivity contribution is 0.197. The molecule has 1 N–H and O–H groups in total. The highest BCUT2D eigenvalue weighted by Crippen LogP contribution is 2.39. The van der Waals surface area contributed by atoms with Crippen LogP contribution in [0.15, 0.2) is 24.3 Å². The minimum Gasteiger partial charge on any atom is -0.312 e. The van der Waals surface area contributed by atoms with Crippen LogP contribution in [0, 0.1) is 11.8 Å². The second kappa shape index (κ2) is 6.50. The number of aryl methyl sites for hydroxylation is 1. The molecular weight excluding hydrogens is 256 g/mol. The molecule has 116 valence electrons. The van der Waals surface area contributed by atoms with Gasteiger partial charge < -0.3 is 5.32 Å². The molecule has 2 nitrogen and oxygen atoms in total. The third-order valence-electron chi connectivity index (χ3n) is 5.87. The number of benzene rings is 1. The van der Waals surface area contributed by atoms with Crippen LogP contribution in [-0.4, -0.2) is 31.1 Å². The van der Waals surface area contributed by atoms with Crippen LogP contribution < -0.4 is 5.32 Å². The number of nitrogens with one attached hydrogen (secondary N) is 1. The second-order valence-electron chi connectivity index (χ2n) is 7.01. The monoisotopic (exact) mass is 286 g/mol. The van der Waals surface area contributed by atoms with Crippen molar-refractivity contribution in [3.8, 4) is 0 Å². The van der Waals surface area contributed by atoms with E-state index in [1.54, 1.807) is 0 Å². The van der Waals surface area contributed by atoms with Crippen molar-refractivity contribution in [3.05, 3.63) is 35.4 Å². The third kappa shape index (κ3) is 3.02. The maximum atomic E-state index is 3.56. The van der Waals surface area contributed by atoms with Gasteiger partial charge in [-0.05, 0) is 56.2 Å². The average molecular weight is 286 g/mol. The van der Waals surface area contributed by atoms with Gasteiger partial charge in [0.15, 0.2) is 0 Å². The third-order valence-corrected chi connectivity index (χ3v) is 5.87. The van der Waals surface area contributed by atoms with Gasteiger partial charge in [-0.2, -0.15) is 0 Å². The van der Waals surface area contributed by atoms with Crippen LogP contribution in [0.25, 0.3) is 0 Å². The van der Waals surface area contributed by atoms with Crippen molar-refractivity contribution in [2.45, 2.75) is 51.6 Å². The largest absolute Gasteiger partial charge is 0.312 e. The quantitative estimate of drug-likeness (QED) is 0.889. The van der Waals surface area contributed by atoms with Gasteiger partial charge in [0.05, 0.1) is 0 Å². The summed E-state index contributed by atoms with van der Waals surface area (Å²) in [6.45, 7) is 7.25. The Morgan fingerprint density at radius 2 is 1.76 bits per heavy atom. The molecule has 2 fully saturated rings. The van der Waals surface area contributed by atoms with E-state index in [0.29, 0.717) is 12.1 Å². The second-order valence-corrected chi connectivity index (χ2v) is 7.01. The Morgan fingerprint density at radius 3 is 2.29 bits per heavy atom. The van der Waals surface area contributed by atoms with Crippen LogP contribution in [0.3, 0.4) is 0 Å². The maximum absolute atomic E-state index is 3.56. The van der Waals surface area contributed by atoms with Crippen molar-refractivity contribution >= 4 is 0 Å². The molecular formula is C19H30N2. The lowest BCUT2D eigenvalue weighted by Gasteiger charge is -2.32. The van der Waals surface area contributed by atoms with Gasteiger partial charge >= 0.3 is 0 Å². The first-order chi connectivity index (χ1) is 10.2. The van der Waals surface area contributed by atoms with E-state index in [9.17, 15) is 0 Å². The number of nitrogens with zero attached hydrogens (tertiary/aromatic N) is 1. The Morgan fingerprint density at radius 1 is 1.14 bits per heavy atom. The van der Waals surface area contributed by atoms with Crippen LogP contribution >= 0.6 is 0 Å². The number of hydrogen-bond donors (Lipinski definition) is 1. The van der Waals surface area contributed by atoms with Crippen molar-refractivity contribution in [2.75, 3.05) is 20.1 Å². The minimum atomic E-state index is 0.440. The first-order valence-corrected chi connectivity index (χ1v) is 8.73. The van der Waals surface area contributed by atoms with Crippen molar-refractivity contribution in [3.63, 3.8) is 0 Å². The van der Waals surface area contributed by atoms with Crippen LogP contribution in [0.1, 0.15) is 50.3 Å². The molecule has 0 bridgehead atoms. The molecule has 0 spiro atoms. The molecule has 0 amide bonds. The summed E-state index contributed by atoms with van der Waals surface area (Å²) in [7, 11) is 2.10. The van der Waals surface area contributed by atoms with Gasteiger partial charge in [-0.25, -0.2) is 0 Å². The van der Waals surface area contributed by atoms with E-state index in [2.05, 4.69) is 55.4 Å². The van der Waals surface area contributed by atoms with E-state index in [0.717, 1.165) is 18.3 Å². The van der Waals surface area contributed by atoms with Gasteiger partial charge in [-0.3, -0.25) is 4.90 Å². The number of likely N-dealkylation sites (N-methyl/N-ethyl adjacent to an activating group) is 1. The molecule has 4 unspecified atom stereocenters. The zero-order valence-electron chi connectivity index (χ0n) is 13.8. The first kappa shape index (κ1) is 15.1. The Bertz CT molecular complexity index is 441. The lowest BCUT2D eigenvalue weighted by Crippen LogP contribution is -2.41. The van der Waals surface area contributed by atoms with Gasteiger partial charge in [-0.1, -0.05) is 37.6 Å². The Kier molecular flexibility index (Phi) is 4.66. The van der Waals surface area contributed by atoms with E-state index >= 15 is 0 Å². The molecule has 1 aliphatic heterocycles. The predicted octanol–water partition coefficient (Wildman–Crippen LogP) is 3.63. The van der Waals surface area contributed by atoms with Gasteiger partial charge in [0.1, 0.15) is 0 Å². The molecule has 0 aromatic heterocycles. The fourth-order valence-electron chi connectivity index (χ4n) is 4.46. The Labute approximate surface area is 129 Å². The summed E-state index contributed by atoms with van der Waals surface area (Å²) in [5.74, 6) is 1.96. The highest BCUT2D eigenvalue weighted by molar-refractivity contribution is 5.26. The topological polar surface area (TPSA) is 15.3 Å². The fraction of sp³-hybridized carbons (Fsp3) is 0.684. The molecule has 4 atom stereocenters. The maximum Gasteiger partial charge on any atom is 0.0473 e. The summed E-state index contributed by atoms with van der Waals surface area (Å²) in [5, 5.41) is 3.56. The molecule has 1 saturated heterocycles. The standard InChI is InChI=1S/C19H30N2/c1-4-15-8-10-16(11-9-15)19(20-3)14(2)21-12-17-6-5-7-18(17)13-21/h8-11,14,17-20H,4-7,12-13H2,1-3H3. The van der Waals surface area contributed by atoms with Gasteiger partial charge in [0, 0.05) is 25.2 Å². The lowest BCUT2D eigenvalue weighted by atomic mass is 9.97. The van der Waals surface area contributed by atoms with Crippen LogP contribution in [0.4, 0.5) is 0 Å². The van der Waals surface area contributed by atoms with E-state index in [-0.39, 0.29) is 0 Å². The van der Waals surface area contributed by atoms with E-state index in [1.807, 2.05) is 0 Å². The van der Waals surface area contributed by atoms with Crippen LogP contribution in [0.5, 0.6) is 0 Å². The zero-order chi connectivity index (χ0) is 14.8. The SMILES string of the molecule is CCc1ccc(C(NC)C(C)N2CC3CCCC3C2)cc1. The van der Waals surface area contributed by atoms with Crippen molar-refractivity contribution < 1.29 is 0 Å². The van der Waals surface area contributed by atoms with Crippen molar-refractivity contribution in [1.29, 1.82) is 0 Å². The summed E-state index contributed by atoms with van der Waals surface area (Å²) in [6, 6.07) is 10.2. The van der Waals surface area contributed by atoms with Crippen molar-refractivity contribution in [1.82, 2.24) is 10.2 Å². The number of likely N-dealkylation sites (tertiary alicyclic amines) is 1. The normalized spacial score (nSPS) is 28.5. The molecule has 1 aromatic carbocycles. The summed E-state index contributed by atoms with van der Waals surface area (Å²) < 4.78 is 0. The first-order valence-electron chi connectivity index (χ1n) is 8.73. The number of fused-ring (bicyclic) bond motifs is 1. The summed E-state index contributed by atoms with van der Waals surface area (Å²) in [6.07, 6.45) is 5.51. The Hall–Kier alpha value is -0.860. The highest BCUT2D eigenvalue weighted by atomic mass is 15.2. The summed E-state index contributed by atoms with van der Waals surface area (Å²) >= 11 is 0. The van der Waals surface area contributed by atoms with Crippen LogP contribution in [0.2, 0.25) is 0 Å². The van der Waals surface area contributed by atoms with E-state index in [1.165, 1.54) is 43.5 Å². The Balaban J connectivity index is 1.70. The molecule has 2 aliphatic rings. The molecule has 21 heavy (non-hydrogen) atoms. The predicted molar refractivity (Wildman–Crippen MR) is 89.5 cm³/mol. The molecule has 1 aromatic rings. The molecule has 1 saturated carbocycles. The van der Waals surface area contributed by atoms with Gasteiger partial charge in [0.2, 0.25) is 0 Å². The molecule has 1 heterocycles. The fourth-order valence-corrected chi connectivity index (χ4v) is 4.46. The molecule has 3 rings (SSSR count). The average Bonchev–Trinajstić information content (AvgIpc) is 3.10. The highest BCUT2D eigenvalue weighted by Gasteiger charge is 2.39. The van der Waals surface area contributed by atoms with E-state index in [4.69, 9.17) is 0 Å². The number of hydrogen-bond acceptors (Lipinski definition) is 2. The van der Waals surface area contributed by atoms with Gasteiger partial charge in [-0.15, -0.1) is 0 Å². The summed E-state index contributed by atoms with van der Waals surface area (Å²) in [5.41, 5.74) is 2.86. The minimum absolute atomic E-state index is 0.440. The van der Waals surface area contributed by atoms with Crippen LogP contribution in [-0.2, 0) is 6.42 Å². The van der Waals surface area contributed by atoms with E-state index < -0.39 is 0 Å². The van der Waals surface area contributed by atoms with Crippen molar-refractivity contribution in [2.24, 2.45) is 11.8 Å². The molecule has 2 heteroatoms. The van der Waals surface area contributed by atoms with Gasteiger partial charge in [0.25, 0.3) is 0 Å². The smallest absolute Gasteiger partial charge is 0.0473 e.